The first-order valence-corrected chi connectivity index (χ1v) is 4.13. The molecule has 0 aliphatic carbocycles. The largest absolute Gasteiger partial charge is 0.398 e. The lowest BCUT2D eigenvalue weighted by Gasteiger charge is -2.02. The number of rotatable bonds is 4. The van der Waals surface area contributed by atoms with Gasteiger partial charge in [-0.15, -0.1) is 0 Å². The summed E-state index contributed by atoms with van der Waals surface area (Å²) in [5.74, 6) is 0.0277. The number of nitrogens with one attached hydrogen (secondary N) is 1. The fourth-order valence-electron chi connectivity index (χ4n) is 1.01. The number of nitrogens with two attached hydrogens (primary N) is 1. The minimum atomic E-state index is 0.0277. The normalized spacial score (nSPS) is 9.92. The van der Waals surface area contributed by atoms with Crippen LogP contribution in [0.15, 0.2) is 18.5 Å². The first kappa shape index (κ1) is 9.67. The van der Waals surface area contributed by atoms with Crippen LogP contribution >= 0.6 is 0 Å². The average molecular weight is 179 g/mol. The molecule has 0 amide bonds. The zero-order valence-electron chi connectivity index (χ0n) is 7.58. The van der Waals surface area contributed by atoms with Gasteiger partial charge >= 0.3 is 0 Å². The van der Waals surface area contributed by atoms with Crippen LogP contribution in [0.3, 0.4) is 0 Å². The summed E-state index contributed by atoms with van der Waals surface area (Å²) in [7, 11) is 1.81. The van der Waals surface area contributed by atoms with E-state index in [9.17, 15) is 4.79 Å². The highest BCUT2D eigenvalue weighted by Gasteiger charge is 2.07. The third-order valence-electron chi connectivity index (χ3n) is 1.76. The molecule has 1 aromatic rings. The van der Waals surface area contributed by atoms with Crippen molar-refractivity contribution >= 4 is 11.5 Å². The van der Waals surface area contributed by atoms with Gasteiger partial charge in [-0.1, -0.05) is 0 Å². The van der Waals surface area contributed by atoms with E-state index in [1.54, 1.807) is 19.3 Å². The third kappa shape index (κ3) is 2.52. The molecular formula is C9H13N3O. The van der Waals surface area contributed by atoms with E-state index in [4.69, 9.17) is 5.73 Å². The van der Waals surface area contributed by atoms with Crippen molar-refractivity contribution in [3.63, 3.8) is 0 Å². The number of pyridine rings is 1. The number of carbonyl (C=O) groups is 1. The molecule has 0 aromatic carbocycles. The predicted molar refractivity (Wildman–Crippen MR) is 51.5 cm³/mol. The summed E-state index contributed by atoms with van der Waals surface area (Å²) in [5, 5.41) is 2.91. The van der Waals surface area contributed by atoms with Gasteiger partial charge in [0.15, 0.2) is 5.78 Å². The van der Waals surface area contributed by atoms with Gasteiger partial charge in [0.1, 0.15) is 0 Å². The maximum absolute atomic E-state index is 11.5. The minimum absolute atomic E-state index is 0.0277. The van der Waals surface area contributed by atoms with E-state index < -0.39 is 0 Å². The van der Waals surface area contributed by atoms with E-state index in [0.29, 0.717) is 24.2 Å². The Morgan fingerprint density at radius 2 is 2.46 bits per heavy atom. The Morgan fingerprint density at radius 3 is 3.08 bits per heavy atom. The van der Waals surface area contributed by atoms with Crippen molar-refractivity contribution in [3.8, 4) is 0 Å². The van der Waals surface area contributed by atoms with Crippen LogP contribution in [0.1, 0.15) is 16.8 Å². The molecule has 1 heterocycles. The van der Waals surface area contributed by atoms with E-state index in [1.165, 1.54) is 6.20 Å². The molecule has 70 valence electrons. The van der Waals surface area contributed by atoms with Crippen LogP contribution in [0.4, 0.5) is 5.69 Å². The van der Waals surface area contributed by atoms with Crippen molar-refractivity contribution in [2.24, 2.45) is 0 Å². The predicted octanol–water partition coefficient (Wildman–Crippen LogP) is 0.456. The van der Waals surface area contributed by atoms with Crippen LogP contribution in [0.2, 0.25) is 0 Å². The van der Waals surface area contributed by atoms with Gasteiger partial charge in [0.05, 0.1) is 5.56 Å². The number of ketones is 1. The molecule has 0 fully saturated rings. The topological polar surface area (TPSA) is 68.0 Å². The van der Waals surface area contributed by atoms with E-state index in [0.717, 1.165) is 0 Å². The highest BCUT2D eigenvalue weighted by atomic mass is 16.1. The molecule has 0 bridgehead atoms. The lowest BCUT2D eigenvalue weighted by Crippen LogP contribution is -2.14. The van der Waals surface area contributed by atoms with Crippen LogP contribution in [0.5, 0.6) is 0 Å². The Bertz CT molecular complexity index is 299. The van der Waals surface area contributed by atoms with Crippen molar-refractivity contribution in [1.82, 2.24) is 10.3 Å². The standard InChI is InChI=1S/C9H13N3O/c1-11-4-3-9(13)7-6-12-5-2-8(7)10/h2,5-6,11H,3-4H2,1H3,(H2,10,12). The van der Waals surface area contributed by atoms with Crippen LogP contribution in [-0.2, 0) is 0 Å². The number of nitrogens with zero attached hydrogens (tertiary/aromatic N) is 1. The SMILES string of the molecule is CNCCC(=O)c1cnccc1N. The minimum Gasteiger partial charge on any atom is -0.398 e. The Hall–Kier alpha value is -1.42. The Balaban J connectivity index is 2.71. The molecule has 3 N–H and O–H groups in total. The van der Waals surface area contributed by atoms with E-state index in [1.807, 2.05) is 0 Å². The number of anilines is 1. The molecule has 4 nitrogen and oxygen atoms in total. The second-order valence-corrected chi connectivity index (χ2v) is 2.74. The summed E-state index contributed by atoms with van der Waals surface area (Å²) in [6, 6.07) is 1.63. The molecule has 0 atom stereocenters. The number of hydrogen-bond donors (Lipinski definition) is 2. The van der Waals surface area contributed by atoms with Crippen LogP contribution in [0.25, 0.3) is 0 Å². The molecule has 0 unspecified atom stereocenters. The quantitative estimate of drug-likeness (QED) is 0.659. The average Bonchev–Trinajstić information content (AvgIpc) is 2.15. The Labute approximate surface area is 77.2 Å². The second-order valence-electron chi connectivity index (χ2n) is 2.74. The van der Waals surface area contributed by atoms with E-state index in [2.05, 4.69) is 10.3 Å². The molecule has 0 aliphatic rings. The van der Waals surface area contributed by atoms with Crippen molar-refractivity contribution in [2.75, 3.05) is 19.3 Å². The number of nitrogen functional groups attached to an aromatic ring is 1. The van der Waals surface area contributed by atoms with Crippen molar-refractivity contribution < 1.29 is 4.79 Å². The molecule has 0 aliphatic heterocycles. The highest BCUT2D eigenvalue weighted by Crippen LogP contribution is 2.10. The van der Waals surface area contributed by atoms with E-state index in [-0.39, 0.29) is 5.78 Å². The monoisotopic (exact) mass is 179 g/mol. The highest BCUT2D eigenvalue weighted by molar-refractivity contribution is 6.00. The number of hydrogen-bond acceptors (Lipinski definition) is 4. The Morgan fingerprint density at radius 1 is 1.69 bits per heavy atom. The van der Waals surface area contributed by atoms with Crippen LogP contribution < -0.4 is 11.1 Å². The lowest BCUT2D eigenvalue weighted by molar-refractivity contribution is 0.0984. The number of aromatic nitrogens is 1. The summed E-state index contributed by atoms with van der Waals surface area (Å²) in [6.45, 7) is 0.660. The molecule has 0 radical (unpaired) electrons. The summed E-state index contributed by atoms with van der Waals surface area (Å²) in [4.78, 5) is 15.3. The summed E-state index contributed by atoms with van der Waals surface area (Å²) in [6.07, 6.45) is 3.53. The molecule has 1 rings (SSSR count). The second kappa shape index (κ2) is 4.57. The third-order valence-corrected chi connectivity index (χ3v) is 1.76. The fraction of sp³-hybridized carbons (Fsp3) is 0.333. The first-order valence-electron chi connectivity index (χ1n) is 4.13. The van der Waals surface area contributed by atoms with Gasteiger partial charge < -0.3 is 11.1 Å². The maximum atomic E-state index is 11.5. The van der Waals surface area contributed by atoms with Crippen molar-refractivity contribution in [2.45, 2.75) is 6.42 Å². The van der Waals surface area contributed by atoms with E-state index >= 15 is 0 Å². The molecule has 0 spiro atoms. The molecule has 4 heteroatoms. The Kier molecular flexibility index (Phi) is 3.40. The van der Waals surface area contributed by atoms with Gasteiger partial charge in [0.25, 0.3) is 0 Å². The van der Waals surface area contributed by atoms with Gasteiger partial charge in [-0.2, -0.15) is 0 Å². The van der Waals surface area contributed by atoms with Crippen LogP contribution in [0, 0.1) is 0 Å². The van der Waals surface area contributed by atoms with Gasteiger partial charge in [0.2, 0.25) is 0 Å². The molecular weight excluding hydrogens is 166 g/mol. The van der Waals surface area contributed by atoms with Gasteiger partial charge in [-0.3, -0.25) is 9.78 Å². The lowest BCUT2D eigenvalue weighted by atomic mass is 10.1. The van der Waals surface area contributed by atoms with Crippen molar-refractivity contribution in [3.05, 3.63) is 24.0 Å². The summed E-state index contributed by atoms with van der Waals surface area (Å²) in [5.41, 5.74) is 6.62. The first-order chi connectivity index (χ1) is 6.25. The molecule has 0 saturated carbocycles. The fourth-order valence-corrected chi connectivity index (χ4v) is 1.01. The zero-order valence-corrected chi connectivity index (χ0v) is 7.58. The number of carbonyl (C=O) groups excluding carboxylic acids is 1. The maximum Gasteiger partial charge on any atom is 0.167 e. The number of Topliss-reactive ketones (excluding diaryl/α,β-unsaturated/α-hetero) is 1. The van der Waals surface area contributed by atoms with Crippen LogP contribution in [-0.4, -0.2) is 24.4 Å². The molecule has 1 aromatic heterocycles. The molecule has 13 heavy (non-hydrogen) atoms. The van der Waals surface area contributed by atoms with Gasteiger partial charge in [-0.25, -0.2) is 0 Å². The van der Waals surface area contributed by atoms with Gasteiger partial charge in [-0.05, 0) is 13.1 Å². The molecule has 0 saturated heterocycles. The summed E-state index contributed by atoms with van der Waals surface area (Å²) < 4.78 is 0. The summed E-state index contributed by atoms with van der Waals surface area (Å²) >= 11 is 0. The van der Waals surface area contributed by atoms with Crippen molar-refractivity contribution in [1.29, 1.82) is 0 Å². The smallest absolute Gasteiger partial charge is 0.167 e. The van der Waals surface area contributed by atoms with Gasteiger partial charge in [0, 0.05) is 31.0 Å². The zero-order chi connectivity index (χ0) is 9.68.